The number of ether oxygens (including phenoxy) is 1. The van der Waals surface area contributed by atoms with Gasteiger partial charge >= 0.3 is 0 Å². The van der Waals surface area contributed by atoms with Crippen molar-refractivity contribution in [1.29, 1.82) is 0 Å². The Morgan fingerprint density at radius 2 is 2.42 bits per heavy atom. The number of thioether (sulfide) groups is 1. The number of hydrogen-bond donors (Lipinski definition) is 1. The fourth-order valence-electron chi connectivity index (χ4n) is 1.53. The minimum absolute atomic E-state index is 0.244. The number of nitrogens with one attached hydrogen (secondary N) is 1. The van der Waals surface area contributed by atoms with Crippen molar-refractivity contribution in [2.45, 2.75) is 25.3 Å². The van der Waals surface area contributed by atoms with E-state index in [0.717, 1.165) is 19.8 Å². The molecule has 1 aliphatic heterocycles. The second kappa shape index (κ2) is 5.10. The Labute approximate surface area is 79.4 Å². The van der Waals surface area contributed by atoms with Gasteiger partial charge in [-0.1, -0.05) is 0 Å². The molecule has 0 amide bonds. The third kappa shape index (κ3) is 3.33. The van der Waals surface area contributed by atoms with Crippen LogP contribution in [0.5, 0.6) is 0 Å². The van der Waals surface area contributed by atoms with Gasteiger partial charge in [-0.2, -0.15) is 11.8 Å². The summed E-state index contributed by atoms with van der Waals surface area (Å²) in [7, 11) is 0. The van der Waals surface area contributed by atoms with Crippen LogP contribution in [0.25, 0.3) is 0 Å². The molecule has 0 spiro atoms. The van der Waals surface area contributed by atoms with Gasteiger partial charge in [0.05, 0.1) is 6.61 Å². The molecule has 1 N–H and O–H groups in total. The summed E-state index contributed by atoms with van der Waals surface area (Å²) in [5.41, 5.74) is 0.244. The highest BCUT2D eigenvalue weighted by Crippen LogP contribution is 2.17. The Bertz CT molecular complexity index is 124. The molecule has 0 aliphatic carbocycles. The van der Waals surface area contributed by atoms with Gasteiger partial charge in [0.25, 0.3) is 0 Å². The quantitative estimate of drug-likeness (QED) is 0.677. The van der Waals surface area contributed by atoms with Crippen LogP contribution in [0.1, 0.15) is 19.8 Å². The molecule has 0 saturated carbocycles. The minimum atomic E-state index is 0.244. The van der Waals surface area contributed by atoms with Crippen LogP contribution < -0.4 is 5.32 Å². The summed E-state index contributed by atoms with van der Waals surface area (Å²) in [6.07, 6.45) is 4.59. The predicted molar refractivity (Wildman–Crippen MR) is 54.8 cm³/mol. The molecule has 1 saturated heterocycles. The lowest BCUT2D eigenvalue weighted by Crippen LogP contribution is -2.49. The van der Waals surface area contributed by atoms with Gasteiger partial charge in [-0.05, 0) is 26.0 Å². The van der Waals surface area contributed by atoms with Crippen molar-refractivity contribution in [2.24, 2.45) is 0 Å². The first kappa shape index (κ1) is 10.4. The second-order valence-electron chi connectivity index (χ2n) is 3.64. The SMILES string of the molecule is CSCCNC1(C)CCCOC1. The Morgan fingerprint density at radius 3 is 3.00 bits per heavy atom. The van der Waals surface area contributed by atoms with Gasteiger partial charge in [-0.25, -0.2) is 0 Å². The van der Waals surface area contributed by atoms with Crippen molar-refractivity contribution in [3.8, 4) is 0 Å². The van der Waals surface area contributed by atoms with Crippen LogP contribution in [-0.4, -0.2) is 37.3 Å². The molecular weight excluding hydrogens is 170 g/mol. The molecule has 1 unspecified atom stereocenters. The highest BCUT2D eigenvalue weighted by molar-refractivity contribution is 7.98. The number of hydrogen-bond acceptors (Lipinski definition) is 3. The molecule has 0 aromatic carbocycles. The van der Waals surface area contributed by atoms with E-state index in [0.29, 0.717) is 0 Å². The summed E-state index contributed by atoms with van der Waals surface area (Å²) in [5.74, 6) is 1.19. The molecule has 1 heterocycles. The Kier molecular flexibility index (Phi) is 4.40. The van der Waals surface area contributed by atoms with E-state index in [1.807, 2.05) is 11.8 Å². The molecule has 1 fully saturated rings. The molecule has 0 bridgehead atoms. The zero-order valence-electron chi connectivity index (χ0n) is 8.06. The van der Waals surface area contributed by atoms with Crippen molar-refractivity contribution >= 4 is 11.8 Å². The van der Waals surface area contributed by atoms with E-state index in [1.54, 1.807) is 0 Å². The van der Waals surface area contributed by atoms with E-state index in [2.05, 4.69) is 18.5 Å². The molecule has 1 rings (SSSR count). The number of rotatable bonds is 4. The lowest BCUT2D eigenvalue weighted by Gasteiger charge is -2.34. The van der Waals surface area contributed by atoms with Gasteiger partial charge in [0.1, 0.15) is 0 Å². The highest BCUT2D eigenvalue weighted by Gasteiger charge is 2.26. The van der Waals surface area contributed by atoms with Gasteiger partial charge in [-0.15, -0.1) is 0 Å². The fourth-order valence-corrected chi connectivity index (χ4v) is 1.83. The minimum Gasteiger partial charge on any atom is -0.380 e. The van der Waals surface area contributed by atoms with E-state index < -0.39 is 0 Å². The predicted octanol–water partition coefficient (Wildman–Crippen LogP) is 1.51. The van der Waals surface area contributed by atoms with Crippen LogP contribution in [-0.2, 0) is 4.74 Å². The van der Waals surface area contributed by atoms with Gasteiger partial charge < -0.3 is 10.1 Å². The van der Waals surface area contributed by atoms with E-state index in [1.165, 1.54) is 18.6 Å². The van der Waals surface area contributed by atoms with Crippen LogP contribution in [0.3, 0.4) is 0 Å². The molecule has 0 aromatic heterocycles. The first-order chi connectivity index (χ1) is 5.77. The van der Waals surface area contributed by atoms with E-state index in [4.69, 9.17) is 4.74 Å². The topological polar surface area (TPSA) is 21.3 Å². The summed E-state index contributed by atoms with van der Waals surface area (Å²) < 4.78 is 5.45. The van der Waals surface area contributed by atoms with Gasteiger partial charge in [0.2, 0.25) is 0 Å². The molecule has 1 atom stereocenters. The monoisotopic (exact) mass is 189 g/mol. The summed E-state index contributed by atoms with van der Waals surface area (Å²) in [6, 6.07) is 0. The summed E-state index contributed by atoms with van der Waals surface area (Å²) in [4.78, 5) is 0. The zero-order valence-corrected chi connectivity index (χ0v) is 8.88. The summed E-state index contributed by atoms with van der Waals surface area (Å²) in [5, 5.41) is 3.55. The van der Waals surface area contributed by atoms with Crippen LogP contribution in [0, 0.1) is 0 Å². The van der Waals surface area contributed by atoms with Crippen molar-refractivity contribution in [2.75, 3.05) is 31.8 Å². The highest BCUT2D eigenvalue weighted by atomic mass is 32.2. The van der Waals surface area contributed by atoms with E-state index >= 15 is 0 Å². The van der Waals surface area contributed by atoms with E-state index in [9.17, 15) is 0 Å². The lowest BCUT2D eigenvalue weighted by atomic mass is 9.95. The molecule has 0 radical (unpaired) electrons. The normalized spacial score (nSPS) is 30.5. The first-order valence-electron chi connectivity index (χ1n) is 4.58. The van der Waals surface area contributed by atoms with Gasteiger partial charge in [0, 0.05) is 24.4 Å². The molecule has 2 nitrogen and oxygen atoms in total. The average molecular weight is 189 g/mol. The standard InChI is InChI=1S/C9H19NOS/c1-9(10-5-7-12-2)4-3-6-11-8-9/h10H,3-8H2,1-2H3. The Hall–Kier alpha value is 0.270. The molecule has 0 aromatic rings. The smallest absolute Gasteiger partial charge is 0.0645 e. The van der Waals surface area contributed by atoms with Crippen molar-refractivity contribution in [1.82, 2.24) is 5.32 Å². The Balaban J connectivity index is 2.17. The molecule has 12 heavy (non-hydrogen) atoms. The van der Waals surface area contributed by atoms with Crippen molar-refractivity contribution < 1.29 is 4.74 Å². The molecular formula is C9H19NOS. The van der Waals surface area contributed by atoms with Crippen molar-refractivity contribution in [3.05, 3.63) is 0 Å². The first-order valence-corrected chi connectivity index (χ1v) is 5.98. The Morgan fingerprint density at radius 1 is 1.58 bits per heavy atom. The third-order valence-electron chi connectivity index (χ3n) is 2.30. The second-order valence-corrected chi connectivity index (χ2v) is 4.62. The largest absolute Gasteiger partial charge is 0.380 e. The maximum atomic E-state index is 5.45. The van der Waals surface area contributed by atoms with Crippen LogP contribution >= 0.6 is 11.8 Å². The van der Waals surface area contributed by atoms with Crippen LogP contribution in [0.15, 0.2) is 0 Å². The van der Waals surface area contributed by atoms with Crippen LogP contribution in [0.4, 0.5) is 0 Å². The van der Waals surface area contributed by atoms with E-state index in [-0.39, 0.29) is 5.54 Å². The zero-order chi connectivity index (χ0) is 8.86. The molecule has 1 aliphatic rings. The maximum Gasteiger partial charge on any atom is 0.0645 e. The third-order valence-corrected chi connectivity index (χ3v) is 2.91. The maximum absolute atomic E-state index is 5.45. The average Bonchev–Trinajstić information content (AvgIpc) is 2.06. The van der Waals surface area contributed by atoms with Crippen LogP contribution in [0.2, 0.25) is 0 Å². The lowest BCUT2D eigenvalue weighted by molar-refractivity contribution is 0.0296. The summed E-state index contributed by atoms with van der Waals surface area (Å²) >= 11 is 1.89. The van der Waals surface area contributed by atoms with Crippen molar-refractivity contribution in [3.63, 3.8) is 0 Å². The summed E-state index contributed by atoms with van der Waals surface area (Å²) in [6.45, 7) is 5.18. The molecule has 72 valence electrons. The van der Waals surface area contributed by atoms with Gasteiger partial charge in [-0.3, -0.25) is 0 Å². The fraction of sp³-hybridized carbons (Fsp3) is 1.00. The molecule has 3 heteroatoms. The van der Waals surface area contributed by atoms with Gasteiger partial charge in [0.15, 0.2) is 0 Å².